The molecule has 0 radical (unpaired) electrons. The number of hydrogen-bond donors (Lipinski definition) is 1. The summed E-state index contributed by atoms with van der Waals surface area (Å²) in [4.78, 5) is 23.8. The van der Waals surface area contributed by atoms with Crippen molar-refractivity contribution in [2.24, 2.45) is 0 Å². The van der Waals surface area contributed by atoms with Crippen molar-refractivity contribution in [2.45, 2.75) is 13.0 Å². The molecule has 0 fully saturated rings. The second kappa shape index (κ2) is 8.31. The van der Waals surface area contributed by atoms with Gasteiger partial charge >= 0.3 is 5.97 Å². The van der Waals surface area contributed by atoms with E-state index in [1.54, 1.807) is 30.3 Å². The van der Waals surface area contributed by atoms with Gasteiger partial charge in [0.05, 0.1) is 11.6 Å². The van der Waals surface area contributed by atoms with E-state index in [9.17, 15) is 9.59 Å². The first-order chi connectivity index (χ1) is 11.0. The quantitative estimate of drug-likeness (QED) is 0.562. The molecular weight excluding hydrogens is 429 g/mol. The molecule has 0 bridgehead atoms. The summed E-state index contributed by atoms with van der Waals surface area (Å²) in [6, 6.07) is 14.1. The van der Waals surface area contributed by atoms with Gasteiger partial charge in [-0.15, -0.1) is 0 Å². The molecule has 0 aliphatic heterocycles. The van der Waals surface area contributed by atoms with Gasteiger partial charge in [0.2, 0.25) is 0 Å². The highest BCUT2D eigenvalue weighted by molar-refractivity contribution is 14.1. The minimum Gasteiger partial charge on any atom is -0.452 e. The van der Waals surface area contributed by atoms with Gasteiger partial charge in [-0.2, -0.15) is 0 Å². The second-order valence-corrected chi connectivity index (χ2v) is 6.50. The van der Waals surface area contributed by atoms with Crippen molar-refractivity contribution in [3.8, 4) is 0 Å². The van der Waals surface area contributed by atoms with Crippen molar-refractivity contribution in [2.75, 3.05) is 6.61 Å². The van der Waals surface area contributed by atoms with Crippen LogP contribution in [0.3, 0.4) is 0 Å². The maximum absolute atomic E-state index is 11.9. The highest BCUT2D eigenvalue weighted by atomic mass is 127. The number of halogens is 2. The molecule has 0 aromatic heterocycles. The molecule has 0 heterocycles. The molecule has 0 spiro atoms. The van der Waals surface area contributed by atoms with Crippen molar-refractivity contribution in [1.82, 2.24) is 5.32 Å². The number of nitrogens with one attached hydrogen (secondary N) is 1. The number of benzene rings is 2. The van der Waals surface area contributed by atoms with Crippen LogP contribution in [-0.2, 0) is 9.53 Å². The SMILES string of the molecule is CC(NC(=O)COC(=O)c1ccccc1I)c1ccc(Cl)cc1. The molecular formula is C17H15ClINO3. The number of amides is 1. The average Bonchev–Trinajstić information content (AvgIpc) is 2.53. The minimum absolute atomic E-state index is 0.199. The van der Waals surface area contributed by atoms with Gasteiger partial charge in [0.25, 0.3) is 5.91 Å². The third-order valence-corrected chi connectivity index (χ3v) is 4.37. The van der Waals surface area contributed by atoms with E-state index in [2.05, 4.69) is 27.9 Å². The van der Waals surface area contributed by atoms with Crippen LogP contribution in [0, 0.1) is 3.57 Å². The highest BCUT2D eigenvalue weighted by Gasteiger charge is 2.14. The first-order valence-electron chi connectivity index (χ1n) is 6.94. The molecule has 1 amide bonds. The first kappa shape index (κ1) is 17.7. The third kappa shape index (κ3) is 5.21. The predicted octanol–water partition coefficient (Wildman–Crippen LogP) is 3.98. The Morgan fingerprint density at radius 2 is 1.83 bits per heavy atom. The molecule has 23 heavy (non-hydrogen) atoms. The molecule has 0 saturated carbocycles. The van der Waals surface area contributed by atoms with Crippen LogP contribution >= 0.6 is 34.2 Å². The average molecular weight is 444 g/mol. The molecule has 1 atom stereocenters. The van der Waals surface area contributed by atoms with Crippen LogP contribution in [0.2, 0.25) is 5.02 Å². The van der Waals surface area contributed by atoms with Crippen LogP contribution in [0.5, 0.6) is 0 Å². The largest absolute Gasteiger partial charge is 0.452 e. The van der Waals surface area contributed by atoms with Crippen LogP contribution in [-0.4, -0.2) is 18.5 Å². The van der Waals surface area contributed by atoms with Gasteiger partial charge in [0, 0.05) is 8.59 Å². The molecule has 2 aromatic rings. The van der Waals surface area contributed by atoms with Crippen LogP contribution in [0.25, 0.3) is 0 Å². The Bertz CT molecular complexity index is 703. The Hall–Kier alpha value is -1.60. The molecule has 6 heteroatoms. The van der Waals surface area contributed by atoms with Gasteiger partial charge in [-0.05, 0) is 59.3 Å². The zero-order valence-electron chi connectivity index (χ0n) is 12.4. The fraction of sp³-hybridized carbons (Fsp3) is 0.176. The zero-order valence-corrected chi connectivity index (χ0v) is 15.3. The fourth-order valence-electron chi connectivity index (χ4n) is 1.95. The zero-order chi connectivity index (χ0) is 16.8. The van der Waals surface area contributed by atoms with Crippen molar-refractivity contribution >= 4 is 46.1 Å². The summed E-state index contributed by atoms with van der Waals surface area (Å²) >= 11 is 7.88. The molecule has 4 nitrogen and oxygen atoms in total. The summed E-state index contributed by atoms with van der Waals surface area (Å²) in [5.41, 5.74) is 1.37. The van der Waals surface area contributed by atoms with E-state index >= 15 is 0 Å². The van der Waals surface area contributed by atoms with E-state index in [1.807, 2.05) is 25.1 Å². The fourth-order valence-corrected chi connectivity index (χ4v) is 2.69. The van der Waals surface area contributed by atoms with Crippen molar-refractivity contribution in [1.29, 1.82) is 0 Å². The number of hydrogen-bond acceptors (Lipinski definition) is 3. The lowest BCUT2D eigenvalue weighted by Gasteiger charge is -2.14. The van der Waals surface area contributed by atoms with Gasteiger partial charge in [0.15, 0.2) is 6.61 Å². The molecule has 2 rings (SSSR count). The number of esters is 1. The van der Waals surface area contributed by atoms with Crippen molar-refractivity contribution in [3.05, 3.63) is 68.3 Å². The Labute approximate surface area is 153 Å². The third-order valence-electron chi connectivity index (χ3n) is 3.18. The van der Waals surface area contributed by atoms with Gasteiger partial charge in [0.1, 0.15) is 0 Å². The Kier molecular flexibility index (Phi) is 6.41. The summed E-state index contributed by atoms with van der Waals surface area (Å²) in [6.07, 6.45) is 0. The Morgan fingerprint density at radius 3 is 2.48 bits per heavy atom. The van der Waals surface area contributed by atoms with Crippen molar-refractivity contribution in [3.63, 3.8) is 0 Å². The number of ether oxygens (including phenoxy) is 1. The number of carbonyl (C=O) groups is 2. The van der Waals surface area contributed by atoms with E-state index in [1.165, 1.54) is 0 Å². The summed E-state index contributed by atoms with van der Waals surface area (Å²) < 4.78 is 5.83. The summed E-state index contributed by atoms with van der Waals surface area (Å²) in [6.45, 7) is 1.53. The summed E-state index contributed by atoms with van der Waals surface area (Å²) in [5.74, 6) is -0.865. The molecule has 1 N–H and O–H groups in total. The number of rotatable bonds is 5. The van der Waals surface area contributed by atoms with E-state index in [0.29, 0.717) is 10.6 Å². The van der Waals surface area contributed by atoms with Gasteiger partial charge in [-0.3, -0.25) is 4.79 Å². The lowest BCUT2D eigenvalue weighted by atomic mass is 10.1. The molecule has 0 aliphatic rings. The van der Waals surface area contributed by atoms with Crippen LogP contribution < -0.4 is 5.32 Å². The van der Waals surface area contributed by atoms with Gasteiger partial charge in [-0.1, -0.05) is 35.9 Å². The minimum atomic E-state index is -0.510. The van der Waals surface area contributed by atoms with E-state index < -0.39 is 5.97 Å². The van der Waals surface area contributed by atoms with Crippen LogP contribution in [0.4, 0.5) is 0 Å². The Balaban J connectivity index is 1.86. The van der Waals surface area contributed by atoms with Gasteiger partial charge in [-0.25, -0.2) is 4.79 Å². The van der Waals surface area contributed by atoms with Gasteiger partial charge < -0.3 is 10.1 Å². The molecule has 0 aliphatic carbocycles. The molecule has 1 unspecified atom stereocenters. The van der Waals surface area contributed by atoms with E-state index in [0.717, 1.165) is 9.13 Å². The predicted molar refractivity (Wildman–Crippen MR) is 97.5 cm³/mol. The lowest BCUT2D eigenvalue weighted by Crippen LogP contribution is -2.31. The standard InChI is InChI=1S/C17H15ClINO3/c1-11(12-6-8-13(18)9-7-12)20-16(21)10-23-17(22)14-4-2-3-5-15(14)19/h2-9,11H,10H2,1H3,(H,20,21). The van der Waals surface area contributed by atoms with E-state index in [4.69, 9.17) is 16.3 Å². The topological polar surface area (TPSA) is 55.4 Å². The normalized spacial score (nSPS) is 11.6. The molecule has 2 aromatic carbocycles. The summed E-state index contributed by atoms with van der Waals surface area (Å²) in [5, 5.41) is 3.41. The monoisotopic (exact) mass is 443 g/mol. The van der Waals surface area contributed by atoms with Crippen molar-refractivity contribution < 1.29 is 14.3 Å². The van der Waals surface area contributed by atoms with Crippen LogP contribution in [0.1, 0.15) is 28.9 Å². The maximum Gasteiger partial charge on any atom is 0.339 e. The summed E-state index contributed by atoms with van der Waals surface area (Å²) in [7, 11) is 0. The number of carbonyl (C=O) groups excluding carboxylic acids is 2. The van der Waals surface area contributed by atoms with Crippen LogP contribution in [0.15, 0.2) is 48.5 Å². The molecule has 0 saturated heterocycles. The van der Waals surface area contributed by atoms with E-state index in [-0.39, 0.29) is 18.6 Å². The Morgan fingerprint density at radius 1 is 1.17 bits per heavy atom. The smallest absolute Gasteiger partial charge is 0.339 e. The second-order valence-electron chi connectivity index (χ2n) is 4.90. The molecule has 120 valence electrons. The maximum atomic E-state index is 11.9. The lowest BCUT2D eigenvalue weighted by molar-refractivity contribution is -0.124. The first-order valence-corrected chi connectivity index (χ1v) is 8.39. The highest BCUT2D eigenvalue weighted by Crippen LogP contribution is 2.16.